The Morgan fingerprint density at radius 2 is 1.58 bits per heavy atom. The van der Waals surface area contributed by atoms with E-state index >= 15 is 0 Å². The molecule has 1 aliphatic rings. The third kappa shape index (κ3) is 2.21. The molecule has 0 fully saturated rings. The Morgan fingerprint density at radius 1 is 0.962 bits per heavy atom. The zero-order valence-electron chi connectivity index (χ0n) is 13.1. The van der Waals surface area contributed by atoms with Crippen LogP contribution in [0, 0.1) is 10.1 Å². The van der Waals surface area contributed by atoms with Gasteiger partial charge in [-0.15, -0.1) is 0 Å². The van der Waals surface area contributed by atoms with Gasteiger partial charge in [-0.05, 0) is 47.9 Å². The van der Waals surface area contributed by atoms with Crippen molar-refractivity contribution in [2.24, 2.45) is 0 Å². The minimum atomic E-state index is -0.601. The van der Waals surface area contributed by atoms with Gasteiger partial charge in [0.15, 0.2) is 0 Å². The molecule has 0 unspecified atom stereocenters. The number of nitrogens with zero attached hydrogens (tertiary/aromatic N) is 2. The first-order valence-electron chi connectivity index (χ1n) is 7.53. The highest BCUT2D eigenvalue weighted by Crippen LogP contribution is 2.37. The van der Waals surface area contributed by atoms with Crippen molar-refractivity contribution < 1.29 is 14.5 Å². The highest BCUT2D eigenvalue weighted by atomic mass is 35.5. The molecule has 26 heavy (non-hydrogen) atoms. The molecule has 128 valence electrons. The summed E-state index contributed by atoms with van der Waals surface area (Å²) in [5.74, 6) is -1.04. The second kappa shape index (κ2) is 5.53. The SMILES string of the molecule is Nc1ccc(N2C(=O)c3cc4ccc(Cl)c([N+](=O)[O-])c4cc3C2=O)cc1. The fourth-order valence-corrected chi connectivity index (χ4v) is 3.29. The van der Waals surface area contributed by atoms with Crippen molar-refractivity contribution >= 4 is 51.2 Å². The second-order valence-corrected chi connectivity index (χ2v) is 6.22. The summed E-state index contributed by atoms with van der Waals surface area (Å²) in [6, 6.07) is 12.1. The lowest BCUT2D eigenvalue weighted by Crippen LogP contribution is -2.29. The van der Waals surface area contributed by atoms with E-state index in [2.05, 4.69) is 0 Å². The van der Waals surface area contributed by atoms with Crippen LogP contribution in [0.15, 0.2) is 48.5 Å². The van der Waals surface area contributed by atoms with Crippen LogP contribution in [0.5, 0.6) is 0 Å². The van der Waals surface area contributed by atoms with Gasteiger partial charge in [-0.3, -0.25) is 19.7 Å². The van der Waals surface area contributed by atoms with Crippen molar-refractivity contribution in [3.05, 3.63) is 74.8 Å². The third-order valence-electron chi connectivity index (χ3n) is 4.28. The number of hydrogen-bond acceptors (Lipinski definition) is 5. The minimum Gasteiger partial charge on any atom is -0.399 e. The quantitative estimate of drug-likeness (QED) is 0.321. The molecule has 4 rings (SSSR count). The zero-order valence-corrected chi connectivity index (χ0v) is 13.9. The minimum absolute atomic E-state index is 0.0328. The van der Waals surface area contributed by atoms with E-state index in [4.69, 9.17) is 17.3 Å². The van der Waals surface area contributed by atoms with Crippen molar-refractivity contribution in [3.63, 3.8) is 0 Å². The van der Waals surface area contributed by atoms with Gasteiger partial charge in [-0.25, -0.2) is 4.90 Å². The van der Waals surface area contributed by atoms with Crippen LogP contribution in [0.4, 0.5) is 17.1 Å². The van der Waals surface area contributed by atoms with Crippen LogP contribution < -0.4 is 10.6 Å². The Kier molecular flexibility index (Phi) is 3.41. The predicted molar refractivity (Wildman–Crippen MR) is 97.6 cm³/mol. The fourth-order valence-electron chi connectivity index (χ4n) is 3.06. The number of nitro benzene ring substituents is 1. The van der Waals surface area contributed by atoms with E-state index < -0.39 is 16.7 Å². The molecule has 2 amide bonds. The summed E-state index contributed by atoms with van der Waals surface area (Å²) in [6.45, 7) is 0. The zero-order chi connectivity index (χ0) is 18.6. The number of carbonyl (C=O) groups excluding carboxylic acids is 2. The summed E-state index contributed by atoms with van der Waals surface area (Å²) in [5.41, 5.74) is 6.52. The van der Waals surface area contributed by atoms with Crippen LogP contribution in [0.2, 0.25) is 5.02 Å². The molecule has 0 spiro atoms. The largest absolute Gasteiger partial charge is 0.399 e. The number of carbonyl (C=O) groups is 2. The molecule has 0 atom stereocenters. The molecular weight excluding hydrogens is 358 g/mol. The first-order valence-corrected chi connectivity index (χ1v) is 7.91. The van der Waals surface area contributed by atoms with Gasteiger partial charge in [-0.1, -0.05) is 17.7 Å². The number of rotatable bonds is 2. The van der Waals surface area contributed by atoms with E-state index in [1.54, 1.807) is 30.3 Å². The molecule has 0 aromatic heterocycles. The maximum absolute atomic E-state index is 12.8. The van der Waals surface area contributed by atoms with Crippen molar-refractivity contribution in [1.82, 2.24) is 0 Å². The van der Waals surface area contributed by atoms with Gasteiger partial charge in [0.05, 0.1) is 27.1 Å². The lowest BCUT2D eigenvalue weighted by Gasteiger charge is -2.13. The van der Waals surface area contributed by atoms with E-state index in [1.165, 1.54) is 18.2 Å². The Bertz CT molecular complexity index is 1130. The first-order chi connectivity index (χ1) is 12.4. The van der Waals surface area contributed by atoms with Crippen LogP contribution in [0.25, 0.3) is 10.8 Å². The van der Waals surface area contributed by atoms with E-state index in [9.17, 15) is 19.7 Å². The number of fused-ring (bicyclic) bond motifs is 2. The third-order valence-corrected chi connectivity index (χ3v) is 4.59. The second-order valence-electron chi connectivity index (χ2n) is 5.81. The maximum Gasteiger partial charge on any atom is 0.295 e. The summed E-state index contributed by atoms with van der Waals surface area (Å²) in [7, 11) is 0. The average molecular weight is 368 g/mol. The smallest absolute Gasteiger partial charge is 0.295 e. The highest BCUT2D eigenvalue weighted by molar-refractivity contribution is 6.37. The van der Waals surface area contributed by atoms with Gasteiger partial charge in [0.25, 0.3) is 17.5 Å². The molecule has 3 aromatic rings. The van der Waals surface area contributed by atoms with Gasteiger partial charge in [0.1, 0.15) is 5.02 Å². The molecule has 7 nitrogen and oxygen atoms in total. The van der Waals surface area contributed by atoms with E-state index in [0.29, 0.717) is 16.8 Å². The van der Waals surface area contributed by atoms with Crippen molar-refractivity contribution in [3.8, 4) is 0 Å². The van der Waals surface area contributed by atoms with Crippen molar-refractivity contribution in [2.75, 3.05) is 10.6 Å². The van der Waals surface area contributed by atoms with Crippen LogP contribution in [0.3, 0.4) is 0 Å². The number of hydrogen-bond donors (Lipinski definition) is 1. The number of nitrogen functional groups attached to an aromatic ring is 1. The number of benzene rings is 3. The molecule has 0 saturated heterocycles. The average Bonchev–Trinajstić information content (AvgIpc) is 2.84. The van der Waals surface area contributed by atoms with E-state index in [1.807, 2.05) is 0 Å². The number of imide groups is 1. The van der Waals surface area contributed by atoms with Gasteiger partial charge in [0.2, 0.25) is 0 Å². The lowest BCUT2D eigenvalue weighted by molar-refractivity contribution is -0.382. The molecule has 1 aliphatic heterocycles. The first kappa shape index (κ1) is 16.0. The van der Waals surface area contributed by atoms with Crippen LogP contribution in [0.1, 0.15) is 20.7 Å². The Labute approximate surface area is 151 Å². The molecule has 1 heterocycles. The molecule has 8 heteroatoms. The summed E-state index contributed by atoms with van der Waals surface area (Å²) >= 11 is 5.94. The Hall–Kier alpha value is -3.45. The summed E-state index contributed by atoms with van der Waals surface area (Å²) < 4.78 is 0. The van der Waals surface area contributed by atoms with Gasteiger partial charge in [0, 0.05) is 5.69 Å². The number of nitro groups is 1. The van der Waals surface area contributed by atoms with E-state index in [-0.39, 0.29) is 27.2 Å². The van der Waals surface area contributed by atoms with Crippen molar-refractivity contribution in [1.29, 1.82) is 0 Å². The predicted octanol–water partition coefficient (Wildman–Crippen LogP) is 3.78. The molecule has 2 N–H and O–H groups in total. The molecule has 0 radical (unpaired) electrons. The topological polar surface area (TPSA) is 107 Å². The Balaban J connectivity index is 1.93. The Morgan fingerprint density at radius 3 is 2.19 bits per heavy atom. The van der Waals surface area contributed by atoms with Crippen LogP contribution in [-0.2, 0) is 0 Å². The van der Waals surface area contributed by atoms with E-state index in [0.717, 1.165) is 4.90 Å². The van der Waals surface area contributed by atoms with Crippen LogP contribution in [-0.4, -0.2) is 16.7 Å². The lowest BCUT2D eigenvalue weighted by atomic mass is 10.0. The van der Waals surface area contributed by atoms with Crippen LogP contribution >= 0.6 is 11.6 Å². The molecule has 0 bridgehead atoms. The summed E-state index contributed by atoms with van der Waals surface area (Å²) in [6.07, 6.45) is 0. The normalized spacial score (nSPS) is 13.3. The van der Waals surface area contributed by atoms with Gasteiger partial charge >= 0.3 is 0 Å². The molecule has 0 aliphatic carbocycles. The number of amides is 2. The maximum atomic E-state index is 12.8. The van der Waals surface area contributed by atoms with Crippen molar-refractivity contribution in [2.45, 2.75) is 0 Å². The number of halogens is 1. The van der Waals surface area contributed by atoms with Gasteiger partial charge < -0.3 is 5.73 Å². The molecular formula is C18H10ClN3O4. The number of nitrogens with two attached hydrogens (primary N) is 1. The number of anilines is 2. The highest BCUT2D eigenvalue weighted by Gasteiger charge is 2.37. The van der Waals surface area contributed by atoms with Gasteiger partial charge in [-0.2, -0.15) is 0 Å². The summed E-state index contributed by atoms with van der Waals surface area (Å²) in [5, 5.41) is 12.0. The fraction of sp³-hybridized carbons (Fsp3) is 0. The summed E-state index contributed by atoms with van der Waals surface area (Å²) in [4.78, 5) is 37.3. The standard InChI is InChI=1S/C18H10ClN3O4/c19-15-6-1-9-7-13-14(8-12(9)16(15)22(25)26)18(24)21(17(13)23)11-4-2-10(20)3-5-11/h1-8H,20H2. The monoisotopic (exact) mass is 367 g/mol. The molecule has 3 aromatic carbocycles. The molecule has 0 saturated carbocycles.